The summed E-state index contributed by atoms with van der Waals surface area (Å²) in [6, 6.07) is 17.1. The van der Waals surface area contributed by atoms with Gasteiger partial charge in [-0.2, -0.15) is 12.6 Å². The molecular formula is C19H23NOS. The maximum Gasteiger partial charge on any atom is 0.193 e. The van der Waals surface area contributed by atoms with Gasteiger partial charge in [0.1, 0.15) is 0 Å². The number of ketones is 1. The number of unbranched alkanes of at least 4 members (excludes halogenated alkanes) is 3. The Kier molecular flexibility index (Phi) is 7.04. The minimum Gasteiger partial charge on any atom is -0.385 e. The van der Waals surface area contributed by atoms with Crippen LogP contribution in [0.15, 0.2) is 54.6 Å². The van der Waals surface area contributed by atoms with Crippen LogP contribution in [-0.2, 0) is 0 Å². The standard InChI is InChI=1S/C19H23NOS/c21-19(16-8-4-3-5-9-16)17-10-12-18(13-11-17)20-14-6-1-2-7-15-22/h3-5,8-13,20,22H,1-2,6-7,14-15H2. The summed E-state index contributed by atoms with van der Waals surface area (Å²) in [4.78, 5) is 12.3. The molecule has 0 saturated carbocycles. The molecule has 1 N–H and O–H groups in total. The molecule has 0 amide bonds. The van der Waals surface area contributed by atoms with Gasteiger partial charge in [-0.1, -0.05) is 43.2 Å². The number of nitrogens with one attached hydrogen (secondary N) is 1. The van der Waals surface area contributed by atoms with Crippen molar-refractivity contribution in [2.75, 3.05) is 17.6 Å². The largest absolute Gasteiger partial charge is 0.385 e. The summed E-state index contributed by atoms with van der Waals surface area (Å²) in [5.41, 5.74) is 2.52. The first-order chi connectivity index (χ1) is 10.8. The first-order valence-corrected chi connectivity index (χ1v) is 8.49. The van der Waals surface area contributed by atoms with Crippen molar-refractivity contribution in [3.8, 4) is 0 Å². The molecule has 0 aromatic heterocycles. The van der Waals surface area contributed by atoms with Crippen molar-refractivity contribution in [3.05, 3.63) is 65.7 Å². The summed E-state index contributed by atoms with van der Waals surface area (Å²) in [6.45, 7) is 0.971. The third-order valence-corrected chi connectivity index (χ3v) is 3.91. The van der Waals surface area contributed by atoms with Crippen LogP contribution in [0.2, 0.25) is 0 Å². The van der Waals surface area contributed by atoms with E-state index in [0.29, 0.717) is 0 Å². The van der Waals surface area contributed by atoms with Gasteiger partial charge in [0.2, 0.25) is 0 Å². The second-order valence-electron chi connectivity index (χ2n) is 5.34. The monoisotopic (exact) mass is 313 g/mol. The van der Waals surface area contributed by atoms with Gasteiger partial charge in [-0.3, -0.25) is 4.79 Å². The molecule has 2 nitrogen and oxygen atoms in total. The first kappa shape index (κ1) is 16.6. The normalized spacial score (nSPS) is 10.4. The van der Waals surface area contributed by atoms with Crippen LogP contribution in [0.5, 0.6) is 0 Å². The zero-order valence-corrected chi connectivity index (χ0v) is 13.7. The molecular weight excluding hydrogens is 290 g/mol. The quantitative estimate of drug-likeness (QED) is 0.395. The van der Waals surface area contributed by atoms with E-state index in [-0.39, 0.29) is 5.78 Å². The summed E-state index contributed by atoms with van der Waals surface area (Å²) in [6.07, 6.45) is 4.84. The van der Waals surface area contributed by atoms with E-state index in [1.165, 1.54) is 25.7 Å². The van der Waals surface area contributed by atoms with Gasteiger partial charge in [0, 0.05) is 23.4 Å². The lowest BCUT2D eigenvalue weighted by Crippen LogP contribution is -2.03. The average molecular weight is 313 g/mol. The minimum atomic E-state index is 0.0684. The predicted octanol–water partition coefficient (Wildman–Crippen LogP) is 4.82. The molecule has 3 heteroatoms. The van der Waals surface area contributed by atoms with Crippen molar-refractivity contribution < 1.29 is 4.79 Å². The first-order valence-electron chi connectivity index (χ1n) is 7.86. The van der Waals surface area contributed by atoms with Crippen LogP contribution < -0.4 is 5.32 Å². The maximum atomic E-state index is 12.3. The van der Waals surface area contributed by atoms with Gasteiger partial charge in [-0.25, -0.2) is 0 Å². The van der Waals surface area contributed by atoms with Gasteiger partial charge in [0.25, 0.3) is 0 Å². The summed E-state index contributed by atoms with van der Waals surface area (Å²) in [5, 5.41) is 3.40. The predicted molar refractivity (Wildman–Crippen MR) is 97.1 cm³/mol. The Balaban J connectivity index is 1.82. The smallest absolute Gasteiger partial charge is 0.193 e. The highest BCUT2D eigenvalue weighted by Crippen LogP contribution is 2.14. The highest BCUT2D eigenvalue weighted by molar-refractivity contribution is 7.80. The molecule has 0 saturated heterocycles. The zero-order valence-electron chi connectivity index (χ0n) is 12.8. The van der Waals surface area contributed by atoms with Gasteiger partial charge in [0.05, 0.1) is 0 Å². The Morgan fingerprint density at radius 2 is 1.45 bits per heavy atom. The zero-order chi connectivity index (χ0) is 15.6. The van der Waals surface area contributed by atoms with Crippen LogP contribution in [0.4, 0.5) is 5.69 Å². The minimum absolute atomic E-state index is 0.0684. The fourth-order valence-electron chi connectivity index (χ4n) is 2.32. The van der Waals surface area contributed by atoms with E-state index in [0.717, 1.165) is 29.1 Å². The molecule has 0 atom stereocenters. The van der Waals surface area contributed by atoms with Crippen LogP contribution in [0.1, 0.15) is 41.6 Å². The van der Waals surface area contributed by atoms with E-state index in [1.807, 2.05) is 54.6 Å². The molecule has 0 aliphatic heterocycles. The molecule has 2 aromatic rings. The molecule has 0 unspecified atom stereocenters. The SMILES string of the molecule is O=C(c1ccccc1)c1ccc(NCCCCCCS)cc1. The fourth-order valence-corrected chi connectivity index (χ4v) is 2.54. The van der Waals surface area contributed by atoms with Crippen LogP contribution in [0.25, 0.3) is 0 Å². The van der Waals surface area contributed by atoms with Crippen molar-refractivity contribution >= 4 is 24.1 Å². The second kappa shape index (κ2) is 9.31. The lowest BCUT2D eigenvalue weighted by atomic mass is 10.0. The van der Waals surface area contributed by atoms with Crippen molar-refractivity contribution in [2.24, 2.45) is 0 Å². The summed E-state index contributed by atoms with van der Waals surface area (Å²) >= 11 is 4.21. The molecule has 0 heterocycles. The number of rotatable bonds is 9. The molecule has 116 valence electrons. The number of benzene rings is 2. The molecule has 22 heavy (non-hydrogen) atoms. The number of anilines is 1. The summed E-state index contributed by atoms with van der Waals surface area (Å²) in [7, 11) is 0. The third kappa shape index (κ3) is 5.23. The molecule has 0 bridgehead atoms. The van der Waals surface area contributed by atoms with Crippen LogP contribution in [-0.4, -0.2) is 18.1 Å². The van der Waals surface area contributed by atoms with E-state index in [2.05, 4.69) is 17.9 Å². The van der Waals surface area contributed by atoms with Gasteiger partial charge < -0.3 is 5.32 Å². The van der Waals surface area contributed by atoms with Crippen molar-refractivity contribution in [2.45, 2.75) is 25.7 Å². The molecule has 0 spiro atoms. The van der Waals surface area contributed by atoms with E-state index >= 15 is 0 Å². The Bertz CT molecular complexity index is 566. The van der Waals surface area contributed by atoms with E-state index < -0.39 is 0 Å². The van der Waals surface area contributed by atoms with Gasteiger partial charge in [-0.15, -0.1) is 0 Å². The highest BCUT2D eigenvalue weighted by Gasteiger charge is 2.07. The van der Waals surface area contributed by atoms with Crippen molar-refractivity contribution in [1.82, 2.24) is 0 Å². The van der Waals surface area contributed by atoms with Gasteiger partial charge >= 0.3 is 0 Å². The maximum absolute atomic E-state index is 12.3. The van der Waals surface area contributed by atoms with Crippen LogP contribution in [0, 0.1) is 0 Å². The fraction of sp³-hybridized carbons (Fsp3) is 0.316. The van der Waals surface area contributed by atoms with E-state index in [1.54, 1.807) is 0 Å². The van der Waals surface area contributed by atoms with E-state index in [4.69, 9.17) is 0 Å². The number of thiol groups is 1. The number of hydrogen-bond donors (Lipinski definition) is 2. The van der Waals surface area contributed by atoms with Gasteiger partial charge in [-0.05, 0) is 42.9 Å². The van der Waals surface area contributed by atoms with Crippen LogP contribution >= 0.6 is 12.6 Å². The molecule has 0 aliphatic rings. The molecule has 0 radical (unpaired) electrons. The number of carbonyl (C=O) groups excluding carboxylic acids is 1. The lowest BCUT2D eigenvalue weighted by molar-refractivity contribution is 0.103. The summed E-state index contributed by atoms with van der Waals surface area (Å²) in [5.74, 6) is 1.04. The molecule has 0 fully saturated rings. The lowest BCUT2D eigenvalue weighted by Gasteiger charge is -2.07. The Morgan fingerprint density at radius 1 is 0.818 bits per heavy atom. The summed E-state index contributed by atoms with van der Waals surface area (Å²) < 4.78 is 0. The van der Waals surface area contributed by atoms with E-state index in [9.17, 15) is 4.79 Å². The molecule has 2 aromatic carbocycles. The highest BCUT2D eigenvalue weighted by atomic mass is 32.1. The third-order valence-electron chi connectivity index (χ3n) is 3.60. The van der Waals surface area contributed by atoms with Crippen LogP contribution in [0.3, 0.4) is 0 Å². The van der Waals surface area contributed by atoms with Crippen molar-refractivity contribution in [3.63, 3.8) is 0 Å². The topological polar surface area (TPSA) is 29.1 Å². The second-order valence-corrected chi connectivity index (χ2v) is 5.78. The molecule has 0 aliphatic carbocycles. The molecule has 2 rings (SSSR count). The Morgan fingerprint density at radius 3 is 2.14 bits per heavy atom. The number of carbonyl (C=O) groups is 1. The van der Waals surface area contributed by atoms with Gasteiger partial charge in [0.15, 0.2) is 5.78 Å². The Hall–Kier alpha value is -1.74. The van der Waals surface area contributed by atoms with Crippen molar-refractivity contribution in [1.29, 1.82) is 0 Å². The Labute approximate surface area is 138 Å². The number of hydrogen-bond acceptors (Lipinski definition) is 3. The average Bonchev–Trinajstić information content (AvgIpc) is 2.59.